The van der Waals surface area contributed by atoms with E-state index in [4.69, 9.17) is 0 Å². The van der Waals surface area contributed by atoms with Crippen LogP contribution < -0.4 is 5.32 Å². The molecule has 1 heterocycles. The Bertz CT molecular complexity index is 371. The minimum atomic E-state index is -1.03. The van der Waals surface area contributed by atoms with Crippen molar-refractivity contribution in [3.8, 4) is 0 Å². The number of nitrogens with one attached hydrogen (secondary N) is 1. The molecule has 2 unspecified atom stereocenters. The molecule has 1 aliphatic heterocycles. The molecule has 0 aliphatic carbocycles. The van der Waals surface area contributed by atoms with Gasteiger partial charge in [-0.15, -0.1) is 0 Å². The Morgan fingerprint density at radius 1 is 1.33 bits per heavy atom. The van der Waals surface area contributed by atoms with Crippen molar-refractivity contribution in [3.63, 3.8) is 0 Å². The predicted molar refractivity (Wildman–Crippen MR) is 82.4 cm³/mol. The quantitative estimate of drug-likeness (QED) is 0.751. The Labute approximate surface area is 127 Å². The zero-order valence-corrected chi connectivity index (χ0v) is 13.7. The molecule has 0 spiro atoms. The van der Waals surface area contributed by atoms with Crippen LogP contribution >= 0.6 is 0 Å². The smallest absolute Gasteiger partial charge is 0.329 e. The van der Waals surface area contributed by atoms with Gasteiger partial charge in [-0.05, 0) is 39.3 Å². The second kappa shape index (κ2) is 7.64. The molecule has 1 saturated heterocycles. The first-order valence-electron chi connectivity index (χ1n) is 7.95. The van der Waals surface area contributed by atoms with Crippen LogP contribution in [0, 0.1) is 0 Å². The summed E-state index contributed by atoms with van der Waals surface area (Å²) in [6.07, 6.45) is 1.73. The Morgan fingerprint density at radius 3 is 2.43 bits per heavy atom. The lowest BCUT2D eigenvalue weighted by Gasteiger charge is -2.35. The molecule has 1 rings (SSSR count). The summed E-state index contributed by atoms with van der Waals surface area (Å²) in [5.41, 5.74) is -1.03. The van der Waals surface area contributed by atoms with E-state index in [1.54, 1.807) is 0 Å². The highest BCUT2D eigenvalue weighted by atomic mass is 16.4. The Morgan fingerprint density at radius 2 is 1.95 bits per heavy atom. The monoisotopic (exact) mass is 299 g/mol. The third kappa shape index (κ3) is 3.87. The van der Waals surface area contributed by atoms with Gasteiger partial charge in [0.15, 0.2) is 0 Å². The average Bonchev–Trinajstić information content (AvgIpc) is 2.89. The number of aliphatic carboxylic acids is 1. The van der Waals surface area contributed by atoms with Crippen molar-refractivity contribution in [2.45, 2.75) is 58.5 Å². The van der Waals surface area contributed by atoms with Crippen molar-refractivity contribution in [1.29, 1.82) is 0 Å². The zero-order valence-electron chi connectivity index (χ0n) is 13.7. The van der Waals surface area contributed by atoms with Gasteiger partial charge in [0.2, 0.25) is 0 Å². The maximum Gasteiger partial charge on any atom is 0.329 e. The van der Waals surface area contributed by atoms with Gasteiger partial charge in [0, 0.05) is 19.1 Å². The van der Waals surface area contributed by atoms with Gasteiger partial charge in [-0.2, -0.15) is 0 Å². The van der Waals surface area contributed by atoms with Crippen LogP contribution in [-0.2, 0) is 4.79 Å². The first kappa shape index (κ1) is 17.8. The van der Waals surface area contributed by atoms with Gasteiger partial charge in [0.25, 0.3) is 0 Å². The van der Waals surface area contributed by atoms with Crippen LogP contribution in [0.3, 0.4) is 0 Å². The second-order valence-electron chi connectivity index (χ2n) is 5.78. The molecule has 0 aromatic heterocycles. The van der Waals surface area contributed by atoms with E-state index < -0.39 is 11.5 Å². The van der Waals surface area contributed by atoms with Crippen molar-refractivity contribution in [3.05, 3.63) is 0 Å². The third-order valence-corrected chi connectivity index (χ3v) is 4.51. The maximum absolute atomic E-state index is 12.4. The van der Waals surface area contributed by atoms with E-state index in [1.807, 2.05) is 13.8 Å². The van der Waals surface area contributed by atoms with E-state index in [-0.39, 0.29) is 12.1 Å². The Kier molecular flexibility index (Phi) is 6.45. The first-order valence-corrected chi connectivity index (χ1v) is 7.95. The lowest BCUT2D eigenvalue weighted by Crippen LogP contribution is -2.57. The van der Waals surface area contributed by atoms with Crippen LogP contribution in [0.4, 0.5) is 4.79 Å². The lowest BCUT2D eigenvalue weighted by molar-refractivity contribution is -0.148. The number of hydrogen-bond acceptors (Lipinski definition) is 3. The molecular weight excluding hydrogens is 270 g/mol. The highest BCUT2D eigenvalue weighted by molar-refractivity contribution is 5.87. The van der Waals surface area contributed by atoms with Gasteiger partial charge >= 0.3 is 12.0 Å². The number of carboxylic acid groups (broad SMARTS) is 1. The molecule has 2 atom stereocenters. The second-order valence-corrected chi connectivity index (χ2v) is 5.78. The van der Waals surface area contributed by atoms with E-state index in [2.05, 4.69) is 24.1 Å². The summed E-state index contributed by atoms with van der Waals surface area (Å²) < 4.78 is 0. The number of amides is 2. The average molecular weight is 299 g/mol. The molecule has 0 aromatic rings. The van der Waals surface area contributed by atoms with Crippen molar-refractivity contribution < 1.29 is 14.7 Å². The predicted octanol–water partition coefficient (Wildman–Crippen LogP) is 1.76. The van der Waals surface area contributed by atoms with Gasteiger partial charge in [0.1, 0.15) is 5.54 Å². The molecule has 0 aromatic carbocycles. The van der Waals surface area contributed by atoms with Crippen LogP contribution in [-0.4, -0.2) is 64.7 Å². The number of likely N-dealkylation sites (N-methyl/N-ethyl adjacent to an activating group) is 1. The van der Waals surface area contributed by atoms with E-state index in [0.717, 1.165) is 26.1 Å². The van der Waals surface area contributed by atoms with Crippen molar-refractivity contribution >= 4 is 12.0 Å². The number of carboxylic acids is 1. The summed E-state index contributed by atoms with van der Waals surface area (Å²) in [5, 5.41) is 12.5. The third-order valence-electron chi connectivity index (χ3n) is 4.51. The van der Waals surface area contributed by atoms with Crippen LogP contribution in [0.25, 0.3) is 0 Å². The molecule has 0 radical (unpaired) electrons. The van der Waals surface area contributed by atoms with E-state index in [0.29, 0.717) is 19.4 Å². The van der Waals surface area contributed by atoms with Crippen molar-refractivity contribution in [2.24, 2.45) is 0 Å². The molecular formula is C15H29N3O3. The summed E-state index contributed by atoms with van der Waals surface area (Å²) in [6.45, 7) is 11.1. The minimum Gasteiger partial charge on any atom is -0.479 e. The summed E-state index contributed by atoms with van der Waals surface area (Å²) in [4.78, 5) is 27.8. The maximum atomic E-state index is 12.4. The fourth-order valence-corrected chi connectivity index (χ4v) is 3.12. The molecule has 0 saturated carbocycles. The van der Waals surface area contributed by atoms with Gasteiger partial charge in [-0.1, -0.05) is 20.8 Å². The molecule has 6 heteroatoms. The van der Waals surface area contributed by atoms with Gasteiger partial charge in [-0.25, -0.2) is 9.59 Å². The topological polar surface area (TPSA) is 72.9 Å². The summed E-state index contributed by atoms with van der Waals surface area (Å²) in [6, 6.07) is -0.252. The first-order chi connectivity index (χ1) is 9.91. The van der Waals surface area contributed by atoms with Crippen LogP contribution in [0.5, 0.6) is 0 Å². The molecule has 2 amide bonds. The number of rotatable bonds is 7. The van der Waals surface area contributed by atoms with Crippen molar-refractivity contribution in [2.75, 3.05) is 26.2 Å². The number of likely N-dealkylation sites (tertiary alicyclic amines) is 1. The molecule has 0 bridgehead atoms. The minimum absolute atomic E-state index is 0.00125. The number of nitrogens with zero attached hydrogens (tertiary/aromatic N) is 2. The molecule has 2 N–H and O–H groups in total. The fraction of sp³-hybridized carbons (Fsp3) is 0.867. The number of carbonyl (C=O) groups excluding carboxylic acids is 1. The summed E-state index contributed by atoms with van der Waals surface area (Å²) in [7, 11) is 0. The number of urea groups is 1. The van der Waals surface area contributed by atoms with Crippen LogP contribution in [0.1, 0.15) is 47.0 Å². The normalized spacial score (nSPS) is 23.4. The molecule has 122 valence electrons. The Balaban J connectivity index is 2.68. The standard InChI is InChI=1S/C15H29N3O3/c1-5-15(13(19)20)9-8-10-18(15)14(21)16-12(4)11-17(6-2)7-3/h12H,5-11H2,1-4H3,(H,16,21)(H,19,20). The van der Waals surface area contributed by atoms with Crippen LogP contribution in [0.15, 0.2) is 0 Å². The molecule has 1 aliphatic rings. The highest BCUT2D eigenvalue weighted by Crippen LogP contribution is 2.32. The van der Waals surface area contributed by atoms with Crippen molar-refractivity contribution in [1.82, 2.24) is 15.1 Å². The summed E-state index contributed by atoms with van der Waals surface area (Å²) in [5.74, 6) is -0.894. The lowest BCUT2D eigenvalue weighted by atomic mass is 9.93. The van der Waals surface area contributed by atoms with Gasteiger partial charge in [0.05, 0.1) is 0 Å². The van der Waals surface area contributed by atoms with E-state index >= 15 is 0 Å². The van der Waals surface area contributed by atoms with Crippen LogP contribution in [0.2, 0.25) is 0 Å². The SMILES string of the molecule is CCN(CC)CC(C)NC(=O)N1CCCC1(CC)C(=O)O. The number of carbonyl (C=O) groups is 2. The highest BCUT2D eigenvalue weighted by Gasteiger charge is 2.48. The van der Waals surface area contributed by atoms with Gasteiger partial charge < -0.3 is 20.2 Å². The van der Waals surface area contributed by atoms with E-state index in [9.17, 15) is 14.7 Å². The molecule has 1 fully saturated rings. The number of hydrogen-bond donors (Lipinski definition) is 2. The summed E-state index contributed by atoms with van der Waals surface area (Å²) >= 11 is 0. The van der Waals surface area contributed by atoms with Gasteiger partial charge in [-0.3, -0.25) is 0 Å². The largest absolute Gasteiger partial charge is 0.479 e. The fourth-order valence-electron chi connectivity index (χ4n) is 3.12. The molecule has 6 nitrogen and oxygen atoms in total. The Hall–Kier alpha value is -1.30. The van der Waals surface area contributed by atoms with E-state index in [1.165, 1.54) is 4.90 Å². The zero-order chi connectivity index (χ0) is 16.0. The molecule has 21 heavy (non-hydrogen) atoms.